The van der Waals surface area contributed by atoms with Crippen molar-refractivity contribution in [2.45, 2.75) is 124 Å². The summed E-state index contributed by atoms with van der Waals surface area (Å²) in [4.78, 5) is 50.9. The van der Waals surface area contributed by atoms with Crippen LogP contribution in [0.2, 0.25) is 0 Å². The van der Waals surface area contributed by atoms with Gasteiger partial charge >= 0.3 is 17.9 Å². The van der Waals surface area contributed by atoms with Gasteiger partial charge in [0.15, 0.2) is 11.4 Å². The molecule has 0 saturated heterocycles. The lowest BCUT2D eigenvalue weighted by Gasteiger charge is -2.52. The van der Waals surface area contributed by atoms with E-state index in [4.69, 9.17) is 14.2 Å². The Hall–Kier alpha value is -2.48. The molecule has 8 heteroatoms. The number of allylic oxidation sites excluding steroid dienone is 1. The first-order chi connectivity index (χ1) is 19.7. The summed E-state index contributed by atoms with van der Waals surface area (Å²) < 4.78 is 17.7. The minimum Gasteiger partial charge on any atom is -0.461 e. The van der Waals surface area contributed by atoms with Crippen molar-refractivity contribution in [2.24, 2.45) is 35.0 Å². The Kier molecular flexibility index (Phi) is 9.46. The van der Waals surface area contributed by atoms with Gasteiger partial charge in [-0.3, -0.25) is 19.2 Å². The molecule has 0 heterocycles. The number of hydrogen-bond donors (Lipinski definition) is 1. The van der Waals surface area contributed by atoms with E-state index in [0.29, 0.717) is 12.0 Å². The molecule has 0 amide bonds. The van der Waals surface area contributed by atoms with E-state index in [-0.39, 0.29) is 30.7 Å². The number of Topliss-reactive ketones (excluding diaryl/α,β-unsaturated/α-hetero) is 1. The van der Waals surface area contributed by atoms with E-state index in [0.717, 1.165) is 31.3 Å². The monoisotopic (exact) mass is 586 g/mol. The van der Waals surface area contributed by atoms with Crippen molar-refractivity contribution in [1.82, 2.24) is 0 Å². The normalized spacial score (nSPS) is 36.0. The van der Waals surface area contributed by atoms with Gasteiger partial charge < -0.3 is 19.3 Å². The van der Waals surface area contributed by atoms with Crippen LogP contribution in [0.4, 0.5) is 0 Å². The molecule has 4 rings (SSSR count). The first kappa shape index (κ1) is 32.4. The van der Waals surface area contributed by atoms with Crippen molar-refractivity contribution in [1.29, 1.82) is 0 Å². The van der Waals surface area contributed by atoms with Crippen molar-refractivity contribution in [3.63, 3.8) is 0 Å². The van der Waals surface area contributed by atoms with Gasteiger partial charge in [0, 0.05) is 55.3 Å². The largest absolute Gasteiger partial charge is 0.461 e. The molecule has 8 atom stereocenters. The number of carbonyl (C=O) groups excluding carboxylic acids is 4. The highest BCUT2D eigenvalue weighted by molar-refractivity contribution is 6.00. The third kappa shape index (κ3) is 5.48. The first-order valence-corrected chi connectivity index (χ1v) is 15.9. The van der Waals surface area contributed by atoms with E-state index >= 15 is 0 Å². The van der Waals surface area contributed by atoms with E-state index in [9.17, 15) is 24.3 Å². The summed E-state index contributed by atoms with van der Waals surface area (Å²) >= 11 is 0. The van der Waals surface area contributed by atoms with Gasteiger partial charge in [-0.25, -0.2) is 0 Å². The summed E-state index contributed by atoms with van der Waals surface area (Å²) in [6, 6.07) is 0. The molecule has 0 aromatic rings. The minimum absolute atomic E-state index is 0.0242. The van der Waals surface area contributed by atoms with Crippen LogP contribution in [-0.2, 0) is 33.4 Å². The third-order valence-electron chi connectivity index (χ3n) is 10.7. The second kappa shape index (κ2) is 12.3. The van der Waals surface area contributed by atoms with Crippen LogP contribution in [0.5, 0.6) is 0 Å². The fourth-order valence-corrected chi connectivity index (χ4v) is 8.61. The SMILES string of the molecule is CCCCCCCCCC(=O)O[C@@H]1[C@@H](C)[C@]2(O)[C@@H]3C=C(C)C(=O)[C@@H]3CC(COC(C)=O)=C[C@H]2[C@@H]2C(C)(C)[C@]12OC(C)=O. The smallest absolute Gasteiger partial charge is 0.306 e. The molecule has 2 saturated carbocycles. The number of rotatable bonds is 12. The summed E-state index contributed by atoms with van der Waals surface area (Å²) in [5.41, 5.74) is -1.86. The van der Waals surface area contributed by atoms with Gasteiger partial charge in [-0.15, -0.1) is 0 Å². The highest BCUT2D eigenvalue weighted by Crippen LogP contribution is 2.77. The predicted octanol–water partition coefficient (Wildman–Crippen LogP) is 5.65. The lowest BCUT2D eigenvalue weighted by atomic mass is 9.60. The summed E-state index contributed by atoms with van der Waals surface area (Å²) in [5, 5.41) is 12.8. The Balaban J connectivity index is 1.68. The van der Waals surface area contributed by atoms with E-state index in [1.54, 1.807) is 6.92 Å². The van der Waals surface area contributed by atoms with Gasteiger partial charge in [-0.2, -0.15) is 0 Å². The molecule has 0 radical (unpaired) electrons. The quantitative estimate of drug-likeness (QED) is 0.135. The number of fused-ring (bicyclic) bond motifs is 5. The van der Waals surface area contributed by atoms with E-state index in [2.05, 4.69) is 6.92 Å². The Morgan fingerprint density at radius 1 is 0.976 bits per heavy atom. The zero-order chi connectivity index (χ0) is 31.0. The highest BCUT2D eigenvalue weighted by atomic mass is 16.6. The fraction of sp³-hybridized carbons (Fsp3) is 0.765. The van der Waals surface area contributed by atoms with Crippen molar-refractivity contribution < 1.29 is 38.5 Å². The van der Waals surface area contributed by atoms with Crippen molar-refractivity contribution in [3.05, 3.63) is 23.3 Å². The van der Waals surface area contributed by atoms with Crippen LogP contribution in [0, 0.1) is 35.0 Å². The van der Waals surface area contributed by atoms with Crippen LogP contribution in [0.3, 0.4) is 0 Å². The average Bonchev–Trinajstić information content (AvgIpc) is 3.30. The number of hydrogen-bond acceptors (Lipinski definition) is 8. The standard InChI is InChI=1S/C34H50O8/c1-8-9-10-11-12-13-14-15-28(37)41-31-21(3)33(39)26-16-20(2)29(38)25(26)17-24(19-40-22(4)35)18-27(33)30-32(6,7)34(30,31)42-23(5)36/h16,18,21,25-27,30-31,39H,8-15,17,19H2,1-7H3/t21-,25-,26-,27+,30-,31-,33+,34-/m1/s1. The van der Waals surface area contributed by atoms with Crippen molar-refractivity contribution in [2.75, 3.05) is 6.61 Å². The first-order valence-electron chi connectivity index (χ1n) is 15.9. The molecule has 1 N–H and O–H groups in total. The molecule has 4 aliphatic rings. The maximum Gasteiger partial charge on any atom is 0.306 e. The Morgan fingerprint density at radius 2 is 1.62 bits per heavy atom. The molecule has 2 fully saturated rings. The van der Waals surface area contributed by atoms with Crippen LogP contribution in [-0.4, -0.2) is 52.7 Å². The Labute approximate surface area is 250 Å². The van der Waals surface area contributed by atoms with Crippen LogP contribution < -0.4 is 0 Å². The number of carbonyl (C=O) groups is 4. The second-order valence-corrected chi connectivity index (χ2v) is 13.7. The van der Waals surface area contributed by atoms with E-state index in [1.165, 1.54) is 33.1 Å². The molecule has 42 heavy (non-hydrogen) atoms. The van der Waals surface area contributed by atoms with Gasteiger partial charge in [0.25, 0.3) is 0 Å². The van der Waals surface area contributed by atoms with E-state index < -0.39 is 58.3 Å². The maximum atomic E-state index is 13.3. The van der Waals surface area contributed by atoms with Crippen molar-refractivity contribution in [3.8, 4) is 0 Å². The van der Waals surface area contributed by atoms with Gasteiger partial charge in [0.05, 0.1) is 5.60 Å². The maximum absolute atomic E-state index is 13.3. The van der Waals surface area contributed by atoms with Crippen LogP contribution in [0.15, 0.2) is 23.3 Å². The Bertz CT molecular complexity index is 1150. The van der Waals surface area contributed by atoms with Crippen LogP contribution in [0.25, 0.3) is 0 Å². The predicted molar refractivity (Wildman–Crippen MR) is 157 cm³/mol. The molecule has 8 nitrogen and oxygen atoms in total. The lowest BCUT2D eigenvalue weighted by molar-refractivity contribution is -0.219. The third-order valence-corrected chi connectivity index (χ3v) is 10.7. The molecule has 0 aromatic carbocycles. The number of esters is 3. The fourth-order valence-electron chi connectivity index (χ4n) is 8.61. The van der Waals surface area contributed by atoms with Gasteiger partial charge in [-0.05, 0) is 30.9 Å². The molecule has 234 valence electrons. The molecule has 0 unspecified atom stereocenters. The van der Waals surface area contributed by atoms with Crippen LogP contribution >= 0.6 is 0 Å². The summed E-state index contributed by atoms with van der Waals surface area (Å²) in [7, 11) is 0. The second-order valence-electron chi connectivity index (χ2n) is 13.7. The van der Waals surface area contributed by atoms with Gasteiger partial charge in [0.1, 0.15) is 12.7 Å². The number of ether oxygens (including phenoxy) is 3. The molecular weight excluding hydrogens is 536 g/mol. The number of ketones is 1. The average molecular weight is 587 g/mol. The summed E-state index contributed by atoms with van der Waals surface area (Å²) in [5.74, 6) is -3.87. The zero-order valence-corrected chi connectivity index (χ0v) is 26.5. The summed E-state index contributed by atoms with van der Waals surface area (Å²) in [6.45, 7) is 12.5. The number of unbranched alkanes of at least 4 members (excludes halogenated alkanes) is 6. The Morgan fingerprint density at radius 3 is 2.24 bits per heavy atom. The van der Waals surface area contributed by atoms with E-state index in [1.807, 2.05) is 32.9 Å². The summed E-state index contributed by atoms with van der Waals surface area (Å²) in [6.07, 6.45) is 11.1. The minimum atomic E-state index is -1.46. The van der Waals surface area contributed by atoms with Crippen molar-refractivity contribution >= 4 is 23.7 Å². The molecule has 0 aromatic heterocycles. The number of aliphatic hydroxyl groups is 1. The van der Waals surface area contributed by atoms with Crippen LogP contribution in [0.1, 0.15) is 106 Å². The zero-order valence-electron chi connectivity index (χ0n) is 26.5. The highest BCUT2D eigenvalue weighted by Gasteiger charge is 2.87. The molecular formula is C34H50O8. The molecule has 0 bridgehead atoms. The van der Waals surface area contributed by atoms with Gasteiger partial charge in [-0.1, -0.05) is 78.4 Å². The molecule has 0 aliphatic heterocycles. The molecule has 0 spiro atoms. The lowest BCUT2D eigenvalue weighted by Crippen LogP contribution is -2.63. The topological polar surface area (TPSA) is 116 Å². The van der Waals surface area contributed by atoms with Gasteiger partial charge in [0.2, 0.25) is 0 Å². The molecule has 4 aliphatic carbocycles.